The standard InChI is InChI=1S/C27H42N2O/c1-3-5-7-9-11-12-14-16-24-22-28-27(29-23-24)25-17-19-26(20-18-25)30-21-15-13-10-8-6-4-2/h17-20,22-23H,3-16,21H2,1-2H3. The largest absolute Gasteiger partial charge is 0.494 e. The van der Waals surface area contributed by atoms with Crippen LogP contribution in [-0.2, 0) is 6.42 Å². The third kappa shape index (κ3) is 10.2. The zero-order valence-electron chi connectivity index (χ0n) is 19.4. The highest BCUT2D eigenvalue weighted by Crippen LogP contribution is 2.20. The number of nitrogens with zero attached hydrogens (tertiary/aromatic N) is 2. The van der Waals surface area contributed by atoms with E-state index in [9.17, 15) is 0 Å². The van der Waals surface area contributed by atoms with Gasteiger partial charge in [-0.1, -0.05) is 84.5 Å². The Morgan fingerprint density at radius 3 is 1.77 bits per heavy atom. The zero-order chi connectivity index (χ0) is 21.3. The molecule has 1 heterocycles. The van der Waals surface area contributed by atoms with E-state index in [2.05, 4.69) is 35.9 Å². The first-order valence-electron chi connectivity index (χ1n) is 12.4. The number of benzene rings is 1. The molecule has 3 nitrogen and oxygen atoms in total. The van der Waals surface area contributed by atoms with Gasteiger partial charge in [-0.25, -0.2) is 9.97 Å². The van der Waals surface area contributed by atoms with Gasteiger partial charge in [-0.3, -0.25) is 0 Å². The molecule has 166 valence electrons. The minimum absolute atomic E-state index is 0.792. The SMILES string of the molecule is CCCCCCCCCc1cnc(-c2ccc(OCCCCCCCC)cc2)nc1. The molecule has 0 saturated carbocycles. The molecule has 3 heteroatoms. The van der Waals surface area contributed by atoms with Crippen molar-refractivity contribution in [3.05, 3.63) is 42.2 Å². The van der Waals surface area contributed by atoms with Gasteiger partial charge in [0, 0.05) is 18.0 Å². The van der Waals surface area contributed by atoms with Crippen LogP contribution in [0.15, 0.2) is 36.7 Å². The fourth-order valence-electron chi connectivity index (χ4n) is 3.69. The summed E-state index contributed by atoms with van der Waals surface area (Å²) in [4.78, 5) is 9.15. The molecule has 2 aromatic rings. The molecule has 0 N–H and O–H groups in total. The van der Waals surface area contributed by atoms with E-state index in [0.29, 0.717) is 0 Å². The van der Waals surface area contributed by atoms with Crippen LogP contribution in [0.4, 0.5) is 0 Å². The van der Waals surface area contributed by atoms with Crippen molar-refractivity contribution in [2.24, 2.45) is 0 Å². The quantitative estimate of drug-likeness (QED) is 0.247. The van der Waals surface area contributed by atoms with Crippen LogP contribution in [0.1, 0.15) is 103 Å². The summed E-state index contributed by atoms with van der Waals surface area (Å²) in [6.45, 7) is 5.32. The van der Waals surface area contributed by atoms with Crippen LogP contribution in [0.5, 0.6) is 5.75 Å². The normalized spacial score (nSPS) is 11.0. The smallest absolute Gasteiger partial charge is 0.159 e. The molecule has 0 saturated heterocycles. The zero-order valence-corrected chi connectivity index (χ0v) is 19.4. The Labute approximate surface area is 184 Å². The molecule has 0 aliphatic carbocycles. The second-order valence-electron chi connectivity index (χ2n) is 8.43. The molecule has 30 heavy (non-hydrogen) atoms. The van der Waals surface area contributed by atoms with Crippen LogP contribution in [0, 0.1) is 0 Å². The van der Waals surface area contributed by atoms with E-state index in [0.717, 1.165) is 36.6 Å². The van der Waals surface area contributed by atoms with E-state index < -0.39 is 0 Å². The molecule has 0 aliphatic rings. The number of unbranched alkanes of at least 4 members (excludes halogenated alkanes) is 11. The predicted molar refractivity (Wildman–Crippen MR) is 128 cm³/mol. The number of hydrogen-bond donors (Lipinski definition) is 0. The van der Waals surface area contributed by atoms with Gasteiger partial charge in [0.25, 0.3) is 0 Å². The van der Waals surface area contributed by atoms with E-state index >= 15 is 0 Å². The summed E-state index contributed by atoms with van der Waals surface area (Å²) in [6.07, 6.45) is 22.1. The number of aryl methyl sites for hydroxylation is 1. The van der Waals surface area contributed by atoms with Gasteiger partial charge in [0.1, 0.15) is 5.75 Å². The number of hydrogen-bond acceptors (Lipinski definition) is 3. The Bertz CT molecular complexity index is 592. The van der Waals surface area contributed by atoms with Crippen LogP contribution in [-0.4, -0.2) is 16.6 Å². The molecule has 0 aliphatic heterocycles. The van der Waals surface area contributed by atoms with Crippen molar-refractivity contribution in [1.29, 1.82) is 0 Å². The summed E-state index contributed by atoms with van der Waals surface area (Å²) in [5, 5.41) is 0. The van der Waals surface area contributed by atoms with E-state index in [1.165, 1.54) is 82.6 Å². The Morgan fingerprint density at radius 1 is 0.633 bits per heavy atom. The first-order valence-corrected chi connectivity index (χ1v) is 12.4. The fourth-order valence-corrected chi connectivity index (χ4v) is 3.69. The van der Waals surface area contributed by atoms with E-state index in [1.54, 1.807) is 0 Å². The Kier molecular flexibility index (Phi) is 12.9. The Hall–Kier alpha value is -1.90. The number of aromatic nitrogens is 2. The molecular formula is C27H42N2O. The van der Waals surface area contributed by atoms with Crippen molar-refractivity contribution in [2.75, 3.05) is 6.61 Å². The molecule has 2 rings (SSSR count). The minimum Gasteiger partial charge on any atom is -0.494 e. The first kappa shape index (κ1) is 24.4. The molecule has 0 atom stereocenters. The molecule has 0 radical (unpaired) electrons. The van der Waals surface area contributed by atoms with Gasteiger partial charge in [-0.15, -0.1) is 0 Å². The van der Waals surface area contributed by atoms with Crippen LogP contribution >= 0.6 is 0 Å². The summed E-state index contributed by atoms with van der Waals surface area (Å²) < 4.78 is 5.87. The van der Waals surface area contributed by atoms with Crippen LogP contribution < -0.4 is 4.74 Å². The number of ether oxygens (including phenoxy) is 1. The summed E-state index contributed by atoms with van der Waals surface area (Å²) in [7, 11) is 0. The summed E-state index contributed by atoms with van der Waals surface area (Å²) >= 11 is 0. The minimum atomic E-state index is 0.792. The van der Waals surface area contributed by atoms with Gasteiger partial charge >= 0.3 is 0 Å². The van der Waals surface area contributed by atoms with Gasteiger partial charge in [0.2, 0.25) is 0 Å². The van der Waals surface area contributed by atoms with Crippen molar-refractivity contribution in [3.8, 4) is 17.1 Å². The monoisotopic (exact) mass is 410 g/mol. The predicted octanol–water partition coefficient (Wildman–Crippen LogP) is 8.18. The van der Waals surface area contributed by atoms with Crippen molar-refractivity contribution in [1.82, 2.24) is 9.97 Å². The lowest BCUT2D eigenvalue weighted by Gasteiger charge is -2.07. The lowest BCUT2D eigenvalue weighted by molar-refractivity contribution is 0.304. The van der Waals surface area contributed by atoms with Crippen molar-refractivity contribution in [2.45, 2.75) is 104 Å². The maximum absolute atomic E-state index is 5.87. The fraction of sp³-hybridized carbons (Fsp3) is 0.630. The highest BCUT2D eigenvalue weighted by molar-refractivity contribution is 5.55. The molecule has 0 unspecified atom stereocenters. The van der Waals surface area contributed by atoms with Gasteiger partial charge in [0.15, 0.2) is 5.82 Å². The number of rotatable bonds is 17. The highest BCUT2D eigenvalue weighted by atomic mass is 16.5. The Balaban J connectivity index is 1.65. The molecule has 0 fully saturated rings. The van der Waals surface area contributed by atoms with Crippen LogP contribution in [0.25, 0.3) is 11.4 Å². The average molecular weight is 411 g/mol. The van der Waals surface area contributed by atoms with Crippen LogP contribution in [0.3, 0.4) is 0 Å². The average Bonchev–Trinajstić information content (AvgIpc) is 2.79. The molecule has 0 bridgehead atoms. The van der Waals surface area contributed by atoms with Gasteiger partial charge < -0.3 is 4.74 Å². The topological polar surface area (TPSA) is 35.0 Å². The van der Waals surface area contributed by atoms with E-state index in [1.807, 2.05) is 24.5 Å². The Morgan fingerprint density at radius 2 is 1.17 bits per heavy atom. The third-order valence-corrected chi connectivity index (χ3v) is 5.65. The molecule has 1 aromatic carbocycles. The lowest BCUT2D eigenvalue weighted by Crippen LogP contribution is -1.97. The van der Waals surface area contributed by atoms with E-state index in [-0.39, 0.29) is 0 Å². The van der Waals surface area contributed by atoms with Gasteiger partial charge in [0.05, 0.1) is 6.61 Å². The van der Waals surface area contributed by atoms with Gasteiger partial charge in [-0.2, -0.15) is 0 Å². The molecule has 0 spiro atoms. The highest BCUT2D eigenvalue weighted by Gasteiger charge is 2.03. The van der Waals surface area contributed by atoms with Crippen molar-refractivity contribution in [3.63, 3.8) is 0 Å². The summed E-state index contributed by atoms with van der Waals surface area (Å²) in [6, 6.07) is 8.17. The third-order valence-electron chi connectivity index (χ3n) is 5.65. The summed E-state index contributed by atoms with van der Waals surface area (Å²) in [5.41, 5.74) is 2.29. The summed E-state index contributed by atoms with van der Waals surface area (Å²) in [5.74, 6) is 1.73. The first-order chi connectivity index (χ1) is 14.8. The second kappa shape index (κ2) is 15.9. The maximum Gasteiger partial charge on any atom is 0.159 e. The van der Waals surface area contributed by atoms with Crippen molar-refractivity contribution < 1.29 is 4.74 Å². The molecule has 0 amide bonds. The lowest BCUT2D eigenvalue weighted by atomic mass is 10.1. The van der Waals surface area contributed by atoms with Crippen LogP contribution in [0.2, 0.25) is 0 Å². The maximum atomic E-state index is 5.87. The van der Waals surface area contributed by atoms with E-state index in [4.69, 9.17) is 4.74 Å². The second-order valence-corrected chi connectivity index (χ2v) is 8.43. The van der Waals surface area contributed by atoms with Crippen molar-refractivity contribution >= 4 is 0 Å². The molecular weight excluding hydrogens is 368 g/mol. The van der Waals surface area contributed by atoms with Gasteiger partial charge in [-0.05, 0) is 49.1 Å². The molecule has 1 aromatic heterocycles.